The van der Waals surface area contributed by atoms with Crippen LogP contribution >= 0.6 is 0 Å². The fourth-order valence-electron chi connectivity index (χ4n) is 1.47. The van der Waals surface area contributed by atoms with Crippen molar-refractivity contribution in [3.8, 4) is 0 Å². The van der Waals surface area contributed by atoms with Crippen LogP contribution in [0.2, 0.25) is 0 Å². The van der Waals surface area contributed by atoms with Crippen molar-refractivity contribution >= 4 is 9.84 Å². The SMILES string of the molecule is COCCS(=O)(=O)c1ccc(C(C)(C)C)cc1. The van der Waals surface area contributed by atoms with Gasteiger partial charge in [-0.05, 0) is 23.1 Å². The number of hydrogen-bond acceptors (Lipinski definition) is 3. The molecule has 17 heavy (non-hydrogen) atoms. The van der Waals surface area contributed by atoms with Gasteiger partial charge in [-0.3, -0.25) is 0 Å². The molecule has 0 aliphatic heterocycles. The summed E-state index contributed by atoms with van der Waals surface area (Å²) >= 11 is 0. The summed E-state index contributed by atoms with van der Waals surface area (Å²) < 4.78 is 28.5. The van der Waals surface area contributed by atoms with Crippen LogP contribution in [0.4, 0.5) is 0 Å². The van der Waals surface area contributed by atoms with E-state index in [-0.39, 0.29) is 17.8 Å². The van der Waals surface area contributed by atoms with Crippen LogP contribution in [0.1, 0.15) is 26.3 Å². The predicted octanol–water partition coefficient (Wildman–Crippen LogP) is 2.40. The first-order valence-electron chi connectivity index (χ1n) is 5.59. The maximum Gasteiger partial charge on any atom is 0.180 e. The summed E-state index contributed by atoms with van der Waals surface area (Å²) in [6, 6.07) is 7.09. The van der Waals surface area contributed by atoms with E-state index < -0.39 is 9.84 Å². The van der Waals surface area contributed by atoms with Crippen molar-refractivity contribution in [2.45, 2.75) is 31.1 Å². The van der Waals surface area contributed by atoms with Crippen molar-refractivity contribution in [2.24, 2.45) is 0 Å². The highest BCUT2D eigenvalue weighted by atomic mass is 32.2. The minimum atomic E-state index is -3.21. The molecule has 3 nitrogen and oxygen atoms in total. The molecular weight excluding hydrogens is 236 g/mol. The minimum Gasteiger partial charge on any atom is -0.384 e. The molecule has 0 saturated carbocycles. The summed E-state index contributed by atoms with van der Waals surface area (Å²) in [4.78, 5) is 0.363. The Morgan fingerprint density at radius 3 is 2.06 bits per heavy atom. The molecular formula is C13H20O3S. The van der Waals surface area contributed by atoms with E-state index in [1.807, 2.05) is 12.1 Å². The number of benzene rings is 1. The maximum absolute atomic E-state index is 11.9. The van der Waals surface area contributed by atoms with E-state index in [0.29, 0.717) is 4.90 Å². The maximum atomic E-state index is 11.9. The van der Waals surface area contributed by atoms with Gasteiger partial charge in [0.1, 0.15) is 0 Å². The van der Waals surface area contributed by atoms with Crippen molar-refractivity contribution in [3.05, 3.63) is 29.8 Å². The lowest BCUT2D eigenvalue weighted by molar-refractivity contribution is 0.217. The van der Waals surface area contributed by atoms with Crippen LogP contribution in [-0.2, 0) is 20.0 Å². The molecule has 4 heteroatoms. The number of rotatable bonds is 4. The average molecular weight is 256 g/mol. The van der Waals surface area contributed by atoms with Gasteiger partial charge in [-0.15, -0.1) is 0 Å². The van der Waals surface area contributed by atoms with Crippen LogP contribution in [0.3, 0.4) is 0 Å². The Morgan fingerprint density at radius 2 is 1.65 bits per heavy atom. The Hall–Kier alpha value is -0.870. The zero-order chi connectivity index (χ0) is 13.1. The second-order valence-electron chi connectivity index (χ2n) is 5.09. The van der Waals surface area contributed by atoms with E-state index in [0.717, 1.165) is 5.56 Å². The Bertz CT molecular complexity index is 452. The van der Waals surface area contributed by atoms with Crippen molar-refractivity contribution in [1.82, 2.24) is 0 Å². The second kappa shape index (κ2) is 5.19. The number of ether oxygens (including phenoxy) is 1. The highest BCUT2D eigenvalue weighted by Gasteiger charge is 2.17. The Kier molecular flexibility index (Phi) is 4.33. The van der Waals surface area contributed by atoms with Crippen LogP contribution in [0, 0.1) is 0 Å². The topological polar surface area (TPSA) is 43.4 Å². The first-order chi connectivity index (χ1) is 7.77. The van der Waals surface area contributed by atoms with E-state index in [9.17, 15) is 8.42 Å². The molecule has 0 bridgehead atoms. The molecule has 0 heterocycles. The van der Waals surface area contributed by atoms with Crippen LogP contribution in [-0.4, -0.2) is 27.9 Å². The molecule has 0 N–H and O–H groups in total. The lowest BCUT2D eigenvalue weighted by Crippen LogP contribution is -2.13. The molecule has 0 unspecified atom stereocenters. The van der Waals surface area contributed by atoms with Gasteiger partial charge in [-0.1, -0.05) is 32.9 Å². The third-order valence-electron chi connectivity index (χ3n) is 2.64. The standard InChI is InChI=1S/C13H20O3S/c1-13(2,3)11-5-7-12(8-6-11)17(14,15)10-9-16-4/h5-8H,9-10H2,1-4H3. The number of sulfone groups is 1. The fourth-order valence-corrected chi connectivity index (χ4v) is 2.65. The van der Waals surface area contributed by atoms with Crippen LogP contribution in [0.25, 0.3) is 0 Å². The molecule has 0 fully saturated rings. The summed E-state index contributed by atoms with van der Waals surface area (Å²) in [5, 5.41) is 0. The monoisotopic (exact) mass is 256 g/mol. The Balaban J connectivity index is 2.95. The van der Waals surface area contributed by atoms with E-state index >= 15 is 0 Å². The summed E-state index contributed by atoms with van der Waals surface area (Å²) in [5.41, 5.74) is 1.16. The first-order valence-corrected chi connectivity index (χ1v) is 7.25. The molecule has 1 rings (SSSR count). The Morgan fingerprint density at radius 1 is 1.12 bits per heavy atom. The molecule has 0 atom stereocenters. The summed E-state index contributed by atoms with van der Waals surface area (Å²) in [7, 11) is -1.71. The van der Waals surface area contributed by atoms with Crippen LogP contribution < -0.4 is 0 Å². The van der Waals surface area contributed by atoms with Gasteiger partial charge in [0.05, 0.1) is 17.3 Å². The molecule has 0 aromatic heterocycles. The molecule has 0 aliphatic rings. The molecule has 0 radical (unpaired) electrons. The zero-order valence-electron chi connectivity index (χ0n) is 10.9. The normalized spacial score (nSPS) is 12.7. The van der Waals surface area contributed by atoms with Gasteiger partial charge in [-0.2, -0.15) is 0 Å². The van der Waals surface area contributed by atoms with Crippen molar-refractivity contribution in [2.75, 3.05) is 19.5 Å². The Labute approximate surface area is 104 Å². The highest BCUT2D eigenvalue weighted by Crippen LogP contribution is 2.23. The molecule has 0 saturated heterocycles. The predicted molar refractivity (Wildman–Crippen MR) is 69.1 cm³/mol. The number of methoxy groups -OCH3 is 1. The van der Waals surface area contributed by atoms with Gasteiger partial charge in [-0.25, -0.2) is 8.42 Å². The summed E-state index contributed by atoms with van der Waals surface area (Å²) in [5.74, 6) is 0.0262. The molecule has 0 amide bonds. The molecule has 96 valence electrons. The summed E-state index contributed by atoms with van der Waals surface area (Å²) in [6.07, 6.45) is 0. The molecule has 0 spiro atoms. The van der Waals surface area contributed by atoms with Crippen LogP contribution in [0.5, 0.6) is 0 Å². The largest absolute Gasteiger partial charge is 0.384 e. The van der Waals surface area contributed by atoms with Crippen molar-refractivity contribution < 1.29 is 13.2 Å². The quantitative estimate of drug-likeness (QED) is 0.831. The molecule has 0 aliphatic carbocycles. The van der Waals surface area contributed by atoms with Gasteiger partial charge in [0.2, 0.25) is 0 Å². The zero-order valence-corrected chi connectivity index (χ0v) is 11.7. The third-order valence-corrected chi connectivity index (χ3v) is 4.33. The lowest BCUT2D eigenvalue weighted by Gasteiger charge is -2.19. The average Bonchev–Trinajstić information content (AvgIpc) is 2.25. The van der Waals surface area contributed by atoms with E-state index in [2.05, 4.69) is 20.8 Å². The van der Waals surface area contributed by atoms with Gasteiger partial charge < -0.3 is 4.74 Å². The minimum absolute atomic E-state index is 0.0262. The van der Waals surface area contributed by atoms with E-state index in [1.54, 1.807) is 12.1 Å². The highest BCUT2D eigenvalue weighted by molar-refractivity contribution is 7.91. The fraction of sp³-hybridized carbons (Fsp3) is 0.538. The second-order valence-corrected chi connectivity index (χ2v) is 7.20. The molecule has 1 aromatic carbocycles. The van der Waals surface area contributed by atoms with Gasteiger partial charge in [0.15, 0.2) is 9.84 Å². The third kappa shape index (κ3) is 3.82. The lowest BCUT2D eigenvalue weighted by atomic mass is 9.87. The first kappa shape index (κ1) is 14.2. The van der Waals surface area contributed by atoms with Crippen LogP contribution in [0.15, 0.2) is 29.2 Å². The summed E-state index contributed by atoms with van der Waals surface area (Å²) in [6.45, 7) is 6.52. The van der Waals surface area contributed by atoms with Crippen molar-refractivity contribution in [1.29, 1.82) is 0 Å². The van der Waals surface area contributed by atoms with Crippen molar-refractivity contribution in [3.63, 3.8) is 0 Å². The number of hydrogen-bond donors (Lipinski definition) is 0. The van der Waals surface area contributed by atoms with Gasteiger partial charge >= 0.3 is 0 Å². The smallest absolute Gasteiger partial charge is 0.180 e. The van der Waals surface area contributed by atoms with E-state index in [4.69, 9.17) is 4.74 Å². The van der Waals surface area contributed by atoms with Gasteiger partial charge in [0.25, 0.3) is 0 Å². The van der Waals surface area contributed by atoms with Gasteiger partial charge in [0, 0.05) is 7.11 Å². The van der Waals surface area contributed by atoms with E-state index in [1.165, 1.54) is 7.11 Å². The molecule has 1 aromatic rings.